The molecule has 8 nitrogen and oxygen atoms in total. The summed E-state index contributed by atoms with van der Waals surface area (Å²) in [7, 11) is 5.48. The first-order valence-corrected chi connectivity index (χ1v) is 10.8. The second-order valence-corrected chi connectivity index (χ2v) is 8.43. The van der Waals surface area contributed by atoms with Gasteiger partial charge in [-0.1, -0.05) is 18.2 Å². The lowest BCUT2D eigenvalue weighted by molar-refractivity contribution is 0.0933. The number of aromatic amines is 1. The van der Waals surface area contributed by atoms with E-state index in [-0.39, 0.29) is 11.1 Å². The van der Waals surface area contributed by atoms with Gasteiger partial charge in [-0.25, -0.2) is 9.97 Å². The number of H-pyrrole nitrogens is 1. The molecule has 1 amide bonds. The van der Waals surface area contributed by atoms with E-state index in [2.05, 4.69) is 20.3 Å². The van der Waals surface area contributed by atoms with Crippen LogP contribution in [0.25, 0.3) is 10.9 Å². The number of carbonyl (C=O) groups excluding carboxylic acids is 1. The molecule has 4 aromatic rings. The maximum absolute atomic E-state index is 13.2. The summed E-state index contributed by atoms with van der Waals surface area (Å²) in [5.41, 5.74) is 3.33. The summed E-state index contributed by atoms with van der Waals surface area (Å²) in [6.45, 7) is 3.66. The zero-order valence-electron chi connectivity index (χ0n) is 19.5. The molecule has 3 heterocycles. The van der Waals surface area contributed by atoms with E-state index in [0.29, 0.717) is 17.9 Å². The number of carbonyl (C=O) groups is 1. The van der Waals surface area contributed by atoms with Crippen molar-refractivity contribution in [1.29, 1.82) is 0 Å². The maximum atomic E-state index is 13.2. The topological polar surface area (TPSA) is 95.9 Å². The number of hydrogen-bond acceptors (Lipinski definition) is 5. The summed E-state index contributed by atoms with van der Waals surface area (Å²) in [4.78, 5) is 40.2. The predicted octanol–water partition coefficient (Wildman–Crippen LogP) is 3.05. The van der Waals surface area contributed by atoms with E-state index < -0.39 is 11.9 Å². The fourth-order valence-corrected chi connectivity index (χ4v) is 3.87. The van der Waals surface area contributed by atoms with Gasteiger partial charge in [0.15, 0.2) is 0 Å². The SMILES string of the molecule is Cc1nc([C@@H](Cc2c[nH]c3ccccc23)NC(=O)c2ccc(C)n(C)c2=O)cc(N(C)C)n1. The monoisotopic (exact) mass is 444 g/mol. The quantitative estimate of drug-likeness (QED) is 0.477. The van der Waals surface area contributed by atoms with Crippen LogP contribution in [0, 0.1) is 13.8 Å². The molecule has 1 aromatic carbocycles. The van der Waals surface area contributed by atoms with E-state index in [0.717, 1.165) is 28.0 Å². The van der Waals surface area contributed by atoms with Gasteiger partial charge < -0.3 is 19.8 Å². The van der Waals surface area contributed by atoms with E-state index in [1.807, 2.05) is 69.4 Å². The van der Waals surface area contributed by atoms with E-state index in [9.17, 15) is 9.59 Å². The van der Waals surface area contributed by atoms with Crippen LogP contribution in [0.2, 0.25) is 0 Å². The lowest BCUT2D eigenvalue weighted by Gasteiger charge is -2.21. The van der Waals surface area contributed by atoms with Crippen molar-refractivity contribution in [3.05, 3.63) is 87.4 Å². The average molecular weight is 445 g/mol. The Balaban J connectivity index is 1.75. The van der Waals surface area contributed by atoms with Crippen LogP contribution in [0.3, 0.4) is 0 Å². The molecule has 33 heavy (non-hydrogen) atoms. The zero-order valence-corrected chi connectivity index (χ0v) is 19.5. The third-order valence-electron chi connectivity index (χ3n) is 5.86. The zero-order chi connectivity index (χ0) is 23.7. The first kappa shape index (κ1) is 22.3. The minimum Gasteiger partial charge on any atom is -0.363 e. The number of benzene rings is 1. The highest BCUT2D eigenvalue weighted by Gasteiger charge is 2.22. The summed E-state index contributed by atoms with van der Waals surface area (Å²) < 4.78 is 1.47. The molecule has 4 rings (SSSR count). The normalized spacial score (nSPS) is 12.0. The molecule has 0 spiro atoms. The van der Waals surface area contributed by atoms with Gasteiger partial charge in [0.05, 0.1) is 11.7 Å². The fraction of sp³-hybridized carbons (Fsp3) is 0.280. The number of nitrogens with one attached hydrogen (secondary N) is 2. The van der Waals surface area contributed by atoms with Gasteiger partial charge in [-0.15, -0.1) is 0 Å². The van der Waals surface area contributed by atoms with Gasteiger partial charge in [-0.05, 0) is 37.6 Å². The first-order chi connectivity index (χ1) is 15.7. The highest BCUT2D eigenvalue weighted by atomic mass is 16.2. The molecular weight excluding hydrogens is 416 g/mol. The highest BCUT2D eigenvalue weighted by Crippen LogP contribution is 2.25. The Kier molecular flexibility index (Phi) is 6.00. The third-order valence-corrected chi connectivity index (χ3v) is 5.86. The molecule has 0 unspecified atom stereocenters. The van der Waals surface area contributed by atoms with Crippen LogP contribution in [0.4, 0.5) is 5.82 Å². The molecule has 2 N–H and O–H groups in total. The Labute approximate surface area is 192 Å². The summed E-state index contributed by atoms with van der Waals surface area (Å²) in [6.07, 6.45) is 2.46. The molecule has 0 saturated heterocycles. The van der Waals surface area contributed by atoms with Crippen molar-refractivity contribution in [3.8, 4) is 0 Å². The summed E-state index contributed by atoms with van der Waals surface area (Å²) in [5, 5.41) is 4.14. The molecule has 0 aliphatic carbocycles. The highest BCUT2D eigenvalue weighted by molar-refractivity contribution is 5.94. The molecule has 0 aliphatic rings. The Morgan fingerprint density at radius 1 is 1.15 bits per heavy atom. The molecule has 1 atom stereocenters. The number of amides is 1. The predicted molar refractivity (Wildman–Crippen MR) is 130 cm³/mol. The van der Waals surface area contributed by atoms with Crippen LogP contribution in [0.15, 0.2) is 53.5 Å². The molecule has 8 heteroatoms. The number of aryl methyl sites for hydroxylation is 2. The second kappa shape index (κ2) is 8.90. The fourth-order valence-electron chi connectivity index (χ4n) is 3.87. The van der Waals surface area contributed by atoms with Crippen molar-refractivity contribution < 1.29 is 4.79 Å². The Morgan fingerprint density at radius 2 is 1.91 bits per heavy atom. The van der Waals surface area contributed by atoms with Crippen LogP contribution in [-0.2, 0) is 13.5 Å². The van der Waals surface area contributed by atoms with E-state index in [1.165, 1.54) is 4.57 Å². The van der Waals surface area contributed by atoms with Crippen molar-refractivity contribution in [1.82, 2.24) is 24.8 Å². The molecule has 170 valence electrons. The van der Waals surface area contributed by atoms with Crippen molar-refractivity contribution >= 4 is 22.6 Å². The van der Waals surface area contributed by atoms with E-state index >= 15 is 0 Å². The van der Waals surface area contributed by atoms with Gasteiger partial charge in [0, 0.05) is 56.4 Å². The second-order valence-electron chi connectivity index (χ2n) is 8.43. The molecule has 0 fully saturated rings. The van der Waals surface area contributed by atoms with Gasteiger partial charge >= 0.3 is 0 Å². The van der Waals surface area contributed by atoms with Crippen LogP contribution in [-0.4, -0.2) is 39.5 Å². The average Bonchev–Trinajstić information content (AvgIpc) is 3.19. The number of fused-ring (bicyclic) bond motifs is 1. The van der Waals surface area contributed by atoms with Crippen molar-refractivity contribution in [2.75, 3.05) is 19.0 Å². The minimum atomic E-state index is -0.455. The molecule has 0 bridgehead atoms. The van der Waals surface area contributed by atoms with E-state index in [4.69, 9.17) is 0 Å². The number of pyridine rings is 1. The van der Waals surface area contributed by atoms with Gasteiger partial charge in [-0.3, -0.25) is 9.59 Å². The summed E-state index contributed by atoms with van der Waals surface area (Å²) in [6, 6.07) is 12.8. The van der Waals surface area contributed by atoms with Gasteiger partial charge in [0.2, 0.25) is 0 Å². The molecule has 0 aliphatic heterocycles. The number of rotatable bonds is 6. The standard InChI is InChI=1S/C25H28N6O2/c1-15-10-11-19(25(33)31(15)5)24(32)29-21(22-13-23(30(3)4)28-16(2)27-22)12-17-14-26-20-9-7-6-8-18(17)20/h6-11,13-14,21,26H,12H2,1-5H3,(H,29,32)/t21-/m1/s1. The van der Waals surface area contributed by atoms with Crippen molar-refractivity contribution in [2.45, 2.75) is 26.3 Å². The molecule has 0 radical (unpaired) electrons. The van der Waals surface area contributed by atoms with Gasteiger partial charge in [0.1, 0.15) is 17.2 Å². The van der Waals surface area contributed by atoms with Gasteiger partial charge in [0.25, 0.3) is 11.5 Å². The van der Waals surface area contributed by atoms with Crippen LogP contribution in [0.5, 0.6) is 0 Å². The smallest absolute Gasteiger partial charge is 0.263 e. The summed E-state index contributed by atoms with van der Waals surface area (Å²) in [5.74, 6) is 0.936. The summed E-state index contributed by atoms with van der Waals surface area (Å²) >= 11 is 0. The maximum Gasteiger partial charge on any atom is 0.263 e. The Bertz CT molecular complexity index is 1390. The number of hydrogen-bond donors (Lipinski definition) is 2. The number of anilines is 1. The first-order valence-electron chi connectivity index (χ1n) is 10.8. The van der Waals surface area contributed by atoms with Crippen molar-refractivity contribution in [3.63, 3.8) is 0 Å². The molecule has 0 saturated carbocycles. The van der Waals surface area contributed by atoms with Gasteiger partial charge in [-0.2, -0.15) is 0 Å². The Hall–Kier alpha value is -3.94. The van der Waals surface area contributed by atoms with Crippen LogP contribution >= 0.6 is 0 Å². The Morgan fingerprint density at radius 3 is 2.67 bits per heavy atom. The number of para-hydroxylation sites is 1. The van der Waals surface area contributed by atoms with Crippen LogP contribution in [0.1, 0.15) is 39.2 Å². The van der Waals surface area contributed by atoms with Crippen molar-refractivity contribution in [2.24, 2.45) is 7.05 Å². The lowest BCUT2D eigenvalue weighted by atomic mass is 10.0. The molecule has 3 aromatic heterocycles. The van der Waals surface area contributed by atoms with E-state index in [1.54, 1.807) is 19.2 Å². The number of nitrogens with zero attached hydrogens (tertiary/aromatic N) is 4. The third kappa shape index (κ3) is 4.50. The minimum absolute atomic E-state index is 0.102. The number of aromatic nitrogens is 4. The van der Waals surface area contributed by atoms with Crippen LogP contribution < -0.4 is 15.8 Å². The molecular formula is C25H28N6O2. The largest absolute Gasteiger partial charge is 0.363 e. The lowest BCUT2D eigenvalue weighted by Crippen LogP contribution is -2.36.